The van der Waals surface area contributed by atoms with Crippen molar-refractivity contribution in [1.82, 2.24) is 10.2 Å². The Morgan fingerprint density at radius 1 is 1.29 bits per heavy atom. The predicted molar refractivity (Wildman–Crippen MR) is 64.8 cm³/mol. The number of carbonyl (C=O) groups excluding carboxylic acids is 2. The van der Waals surface area contributed by atoms with Gasteiger partial charge in [0.2, 0.25) is 5.91 Å². The molecule has 3 rings (SSSR count). The smallest absolute Gasteiger partial charge is 0.256 e. The highest BCUT2D eigenvalue weighted by atomic mass is 32.1. The summed E-state index contributed by atoms with van der Waals surface area (Å²) >= 11 is 1.55. The third-order valence-corrected chi connectivity index (χ3v) is 4.25. The Balaban J connectivity index is 1.84. The minimum atomic E-state index is -0.276. The van der Waals surface area contributed by atoms with Crippen LogP contribution in [-0.2, 0) is 11.3 Å². The second-order valence-corrected chi connectivity index (χ2v) is 5.29. The van der Waals surface area contributed by atoms with E-state index in [2.05, 4.69) is 5.32 Å². The summed E-state index contributed by atoms with van der Waals surface area (Å²) in [5, 5.41) is 6.76. The van der Waals surface area contributed by atoms with Crippen molar-refractivity contribution in [2.75, 3.05) is 6.54 Å². The molecule has 0 unspecified atom stereocenters. The molecular weight excluding hydrogens is 236 g/mol. The molecule has 2 amide bonds. The van der Waals surface area contributed by atoms with Gasteiger partial charge in [0.05, 0.1) is 5.56 Å². The maximum atomic E-state index is 12.2. The largest absolute Gasteiger partial charge is 0.354 e. The van der Waals surface area contributed by atoms with Crippen molar-refractivity contribution >= 4 is 23.2 Å². The number of nitrogens with one attached hydrogen (secondary N) is 1. The molecule has 3 heterocycles. The molecule has 1 fully saturated rings. The molecule has 0 spiro atoms. The van der Waals surface area contributed by atoms with E-state index in [1.807, 2.05) is 10.8 Å². The normalized spacial score (nSPS) is 24.5. The van der Waals surface area contributed by atoms with Crippen LogP contribution in [0.25, 0.3) is 0 Å². The van der Waals surface area contributed by atoms with Crippen molar-refractivity contribution in [2.24, 2.45) is 0 Å². The topological polar surface area (TPSA) is 49.4 Å². The van der Waals surface area contributed by atoms with E-state index >= 15 is 0 Å². The standard InChI is InChI=1S/C12H14N2O2S/c15-11-10(3-1-2-4-13-11)14-5-8-6-17-7-9(8)12(14)16/h6-7,10H,1-5H2,(H,13,15)/t10-/m0/s1. The van der Waals surface area contributed by atoms with Gasteiger partial charge in [-0.05, 0) is 30.2 Å². The monoisotopic (exact) mass is 250 g/mol. The van der Waals surface area contributed by atoms with Gasteiger partial charge in [-0.1, -0.05) is 0 Å². The first kappa shape index (κ1) is 10.8. The Kier molecular flexibility index (Phi) is 2.63. The zero-order valence-electron chi connectivity index (χ0n) is 9.44. The number of carbonyl (C=O) groups is 2. The summed E-state index contributed by atoms with van der Waals surface area (Å²) in [6.07, 6.45) is 2.79. The quantitative estimate of drug-likeness (QED) is 0.818. The lowest BCUT2D eigenvalue weighted by Gasteiger charge is -2.25. The summed E-state index contributed by atoms with van der Waals surface area (Å²) in [5.74, 6) is 0.0213. The van der Waals surface area contributed by atoms with Crippen LogP contribution in [0.4, 0.5) is 0 Å². The molecule has 90 valence electrons. The maximum absolute atomic E-state index is 12.2. The predicted octanol–water partition coefficient (Wildman–Crippen LogP) is 1.37. The SMILES string of the molecule is O=C1NCCCC[C@@H]1N1Cc2cscc2C1=O. The number of nitrogens with zero attached hydrogens (tertiary/aromatic N) is 1. The molecule has 1 saturated heterocycles. The molecule has 17 heavy (non-hydrogen) atoms. The molecule has 1 aromatic heterocycles. The van der Waals surface area contributed by atoms with Crippen LogP contribution in [0, 0.1) is 0 Å². The summed E-state index contributed by atoms with van der Waals surface area (Å²) in [7, 11) is 0. The van der Waals surface area contributed by atoms with E-state index in [1.165, 1.54) is 0 Å². The lowest BCUT2D eigenvalue weighted by atomic mass is 10.1. The van der Waals surface area contributed by atoms with E-state index in [4.69, 9.17) is 0 Å². The van der Waals surface area contributed by atoms with Gasteiger partial charge in [0.15, 0.2) is 0 Å². The number of amides is 2. The van der Waals surface area contributed by atoms with Crippen LogP contribution in [0.5, 0.6) is 0 Å². The Hall–Kier alpha value is -1.36. The molecular formula is C12H14N2O2S. The molecule has 1 N–H and O–H groups in total. The van der Waals surface area contributed by atoms with E-state index in [-0.39, 0.29) is 17.9 Å². The van der Waals surface area contributed by atoms with Crippen LogP contribution < -0.4 is 5.32 Å². The van der Waals surface area contributed by atoms with Crippen LogP contribution in [0.15, 0.2) is 10.8 Å². The van der Waals surface area contributed by atoms with Crippen molar-refractivity contribution < 1.29 is 9.59 Å². The fourth-order valence-corrected chi connectivity index (χ4v) is 3.34. The van der Waals surface area contributed by atoms with E-state index in [9.17, 15) is 9.59 Å². The Labute approximate surface area is 104 Å². The molecule has 2 aliphatic heterocycles. The summed E-state index contributed by atoms with van der Waals surface area (Å²) < 4.78 is 0. The molecule has 1 atom stereocenters. The molecule has 0 bridgehead atoms. The highest BCUT2D eigenvalue weighted by molar-refractivity contribution is 7.08. The van der Waals surface area contributed by atoms with E-state index in [1.54, 1.807) is 16.2 Å². The minimum Gasteiger partial charge on any atom is -0.354 e. The molecule has 0 aliphatic carbocycles. The second kappa shape index (κ2) is 4.14. The Bertz CT molecular complexity index is 469. The first-order chi connectivity index (χ1) is 8.27. The number of thiophene rings is 1. The lowest BCUT2D eigenvalue weighted by molar-refractivity contribution is -0.125. The fourth-order valence-electron chi connectivity index (χ4n) is 2.52. The number of rotatable bonds is 1. The van der Waals surface area contributed by atoms with Gasteiger partial charge in [-0.2, -0.15) is 11.3 Å². The van der Waals surface area contributed by atoms with Gasteiger partial charge in [-0.25, -0.2) is 0 Å². The first-order valence-electron chi connectivity index (χ1n) is 5.91. The van der Waals surface area contributed by atoms with Gasteiger partial charge in [-0.3, -0.25) is 9.59 Å². The summed E-state index contributed by atoms with van der Waals surface area (Å²) in [6.45, 7) is 1.33. The highest BCUT2D eigenvalue weighted by Gasteiger charge is 2.36. The van der Waals surface area contributed by atoms with Crippen molar-refractivity contribution in [3.63, 3.8) is 0 Å². The number of hydrogen-bond acceptors (Lipinski definition) is 3. The average molecular weight is 250 g/mol. The van der Waals surface area contributed by atoms with Gasteiger partial charge in [0, 0.05) is 18.5 Å². The lowest BCUT2D eigenvalue weighted by Crippen LogP contribution is -2.45. The van der Waals surface area contributed by atoms with Crippen molar-refractivity contribution in [3.05, 3.63) is 21.9 Å². The van der Waals surface area contributed by atoms with E-state index in [0.29, 0.717) is 6.54 Å². The summed E-state index contributed by atoms with van der Waals surface area (Å²) in [6, 6.07) is -0.276. The molecule has 0 saturated carbocycles. The molecule has 0 radical (unpaired) electrons. The van der Waals surface area contributed by atoms with Gasteiger partial charge in [0.25, 0.3) is 5.91 Å². The zero-order valence-corrected chi connectivity index (χ0v) is 10.3. The molecule has 2 aliphatic rings. The fraction of sp³-hybridized carbons (Fsp3) is 0.500. The summed E-state index contributed by atoms with van der Waals surface area (Å²) in [4.78, 5) is 25.8. The molecule has 0 aromatic carbocycles. The number of hydrogen-bond donors (Lipinski definition) is 1. The van der Waals surface area contributed by atoms with Crippen LogP contribution in [-0.4, -0.2) is 29.3 Å². The minimum absolute atomic E-state index is 0.00433. The molecule has 5 heteroatoms. The third kappa shape index (κ3) is 1.74. The second-order valence-electron chi connectivity index (χ2n) is 4.55. The van der Waals surface area contributed by atoms with Crippen molar-refractivity contribution in [3.8, 4) is 0 Å². The van der Waals surface area contributed by atoms with Gasteiger partial charge in [-0.15, -0.1) is 0 Å². The summed E-state index contributed by atoms with van der Waals surface area (Å²) in [5.41, 5.74) is 1.85. The zero-order chi connectivity index (χ0) is 11.8. The van der Waals surface area contributed by atoms with Crippen LogP contribution in [0.3, 0.4) is 0 Å². The van der Waals surface area contributed by atoms with Crippen LogP contribution in [0.2, 0.25) is 0 Å². The molecule has 1 aromatic rings. The Morgan fingerprint density at radius 3 is 3.00 bits per heavy atom. The molecule has 4 nitrogen and oxygen atoms in total. The van der Waals surface area contributed by atoms with E-state index in [0.717, 1.165) is 36.9 Å². The van der Waals surface area contributed by atoms with Crippen molar-refractivity contribution in [1.29, 1.82) is 0 Å². The highest BCUT2D eigenvalue weighted by Crippen LogP contribution is 2.29. The van der Waals surface area contributed by atoms with Crippen molar-refractivity contribution in [2.45, 2.75) is 31.8 Å². The number of fused-ring (bicyclic) bond motifs is 1. The van der Waals surface area contributed by atoms with Crippen LogP contribution >= 0.6 is 11.3 Å². The van der Waals surface area contributed by atoms with Gasteiger partial charge in [0.1, 0.15) is 6.04 Å². The van der Waals surface area contributed by atoms with Crippen LogP contribution in [0.1, 0.15) is 35.2 Å². The Morgan fingerprint density at radius 2 is 2.18 bits per heavy atom. The maximum Gasteiger partial charge on any atom is 0.256 e. The van der Waals surface area contributed by atoms with Gasteiger partial charge < -0.3 is 10.2 Å². The van der Waals surface area contributed by atoms with Gasteiger partial charge >= 0.3 is 0 Å². The average Bonchev–Trinajstić information content (AvgIpc) is 2.81. The third-order valence-electron chi connectivity index (χ3n) is 3.46. The van der Waals surface area contributed by atoms with E-state index < -0.39 is 0 Å². The first-order valence-corrected chi connectivity index (χ1v) is 6.85.